The smallest absolute Gasteiger partial charge is 0.0208 e. The van der Waals surface area contributed by atoms with E-state index >= 15 is 0 Å². The third-order valence-electron chi connectivity index (χ3n) is 3.66. The molecule has 0 radical (unpaired) electrons. The maximum Gasteiger partial charge on any atom is 0.0208 e. The van der Waals surface area contributed by atoms with Crippen molar-refractivity contribution >= 4 is 0 Å². The van der Waals surface area contributed by atoms with E-state index in [1.807, 2.05) is 0 Å². The second kappa shape index (κ2) is 6.77. The molecule has 17 heavy (non-hydrogen) atoms. The Morgan fingerprint density at radius 2 is 1.65 bits per heavy atom. The summed E-state index contributed by atoms with van der Waals surface area (Å²) in [5.41, 5.74) is 8.27. The molecule has 1 aromatic rings. The zero-order valence-electron chi connectivity index (χ0n) is 10.6. The highest BCUT2D eigenvalue weighted by molar-refractivity contribution is 5.22. The van der Waals surface area contributed by atoms with Crippen LogP contribution in [0.15, 0.2) is 24.3 Å². The van der Waals surface area contributed by atoms with Gasteiger partial charge < -0.3 is 11.1 Å². The largest absolute Gasteiger partial charge is 0.330 e. The summed E-state index contributed by atoms with van der Waals surface area (Å²) >= 11 is 0. The minimum atomic E-state index is 0.736. The topological polar surface area (TPSA) is 38.0 Å². The van der Waals surface area contributed by atoms with Crippen molar-refractivity contribution < 1.29 is 0 Å². The van der Waals surface area contributed by atoms with E-state index in [1.54, 1.807) is 0 Å². The van der Waals surface area contributed by atoms with Crippen LogP contribution in [0.2, 0.25) is 0 Å². The molecular weight excluding hydrogens is 208 g/mol. The molecule has 2 rings (SSSR count). The Morgan fingerprint density at radius 3 is 2.29 bits per heavy atom. The zero-order valence-corrected chi connectivity index (χ0v) is 10.6. The van der Waals surface area contributed by atoms with Crippen molar-refractivity contribution in [2.75, 3.05) is 6.54 Å². The van der Waals surface area contributed by atoms with Gasteiger partial charge in [0.25, 0.3) is 0 Å². The highest BCUT2D eigenvalue weighted by Gasteiger charge is 2.11. The molecule has 1 aromatic carbocycles. The minimum Gasteiger partial charge on any atom is -0.330 e. The number of rotatable bonds is 5. The van der Waals surface area contributed by atoms with Gasteiger partial charge in [0.2, 0.25) is 0 Å². The molecule has 0 amide bonds. The van der Waals surface area contributed by atoms with E-state index < -0.39 is 0 Å². The van der Waals surface area contributed by atoms with Crippen LogP contribution >= 0.6 is 0 Å². The Kier molecular flexibility index (Phi) is 5.02. The van der Waals surface area contributed by atoms with Gasteiger partial charge in [-0.2, -0.15) is 0 Å². The van der Waals surface area contributed by atoms with Gasteiger partial charge in [-0.3, -0.25) is 0 Å². The molecule has 0 unspecified atom stereocenters. The first-order chi connectivity index (χ1) is 8.38. The molecule has 1 aliphatic rings. The van der Waals surface area contributed by atoms with E-state index in [1.165, 1.54) is 43.2 Å². The SMILES string of the molecule is NCCc1ccc(CNC2CCCCC2)cc1. The molecule has 3 N–H and O–H groups in total. The fourth-order valence-corrected chi connectivity index (χ4v) is 2.56. The summed E-state index contributed by atoms with van der Waals surface area (Å²) in [5.74, 6) is 0. The normalized spacial score (nSPS) is 17.2. The molecule has 0 bridgehead atoms. The van der Waals surface area contributed by atoms with E-state index in [2.05, 4.69) is 29.6 Å². The van der Waals surface area contributed by atoms with Crippen LogP contribution in [0, 0.1) is 0 Å². The number of nitrogens with one attached hydrogen (secondary N) is 1. The van der Waals surface area contributed by atoms with Crippen molar-refractivity contribution in [1.82, 2.24) is 5.32 Å². The van der Waals surface area contributed by atoms with Crippen LogP contribution in [0.1, 0.15) is 43.2 Å². The fraction of sp³-hybridized carbons (Fsp3) is 0.600. The molecule has 1 fully saturated rings. The molecule has 0 aromatic heterocycles. The van der Waals surface area contributed by atoms with Gasteiger partial charge in [-0.25, -0.2) is 0 Å². The van der Waals surface area contributed by atoms with E-state index in [-0.39, 0.29) is 0 Å². The summed E-state index contributed by atoms with van der Waals surface area (Å²) in [6.45, 7) is 1.74. The first-order valence-electron chi connectivity index (χ1n) is 6.90. The second-order valence-electron chi connectivity index (χ2n) is 5.07. The summed E-state index contributed by atoms with van der Waals surface area (Å²) in [6, 6.07) is 9.59. The van der Waals surface area contributed by atoms with Crippen molar-refractivity contribution in [3.05, 3.63) is 35.4 Å². The molecule has 0 aliphatic heterocycles. The lowest BCUT2D eigenvalue weighted by Crippen LogP contribution is -2.30. The highest BCUT2D eigenvalue weighted by Crippen LogP contribution is 2.17. The lowest BCUT2D eigenvalue weighted by molar-refractivity contribution is 0.372. The molecular formula is C15H24N2. The molecule has 0 saturated heterocycles. The van der Waals surface area contributed by atoms with Crippen LogP contribution in [0.4, 0.5) is 0 Å². The maximum atomic E-state index is 5.54. The van der Waals surface area contributed by atoms with Crippen LogP contribution < -0.4 is 11.1 Å². The van der Waals surface area contributed by atoms with Gasteiger partial charge in [-0.05, 0) is 36.9 Å². The van der Waals surface area contributed by atoms with Crippen molar-refractivity contribution in [1.29, 1.82) is 0 Å². The maximum absolute atomic E-state index is 5.54. The predicted octanol–water partition coefficient (Wildman–Crippen LogP) is 2.61. The van der Waals surface area contributed by atoms with Crippen molar-refractivity contribution in [3.63, 3.8) is 0 Å². The van der Waals surface area contributed by atoms with Crippen LogP contribution in [-0.4, -0.2) is 12.6 Å². The Bertz CT molecular complexity index is 312. The minimum absolute atomic E-state index is 0.736. The third-order valence-corrected chi connectivity index (χ3v) is 3.66. The highest BCUT2D eigenvalue weighted by atomic mass is 14.9. The Morgan fingerprint density at radius 1 is 1.00 bits per heavy atom. The fourth-order valence-electron chi connectivity index (χ4n) is 2.56. The quantitative estimate of drug-likeness (QED) is 0.819. The number of benzene rings is 1. The van der Waals surface area contributed by atoms with Crippen molar-refractivity contribution in [2.45, 2.75) is 51.1 Å². The third kappa shape index (κ3) is 4.14. The molecule has 1 saturated carbocycles. The second-order valence-corrected chi connectivity index (χ2v) is 5.07. The lowest BCUT2D eigenvalue weighted by Gasteiger charge is -2.22. The monoisotopic (exact) mass is 232 g/mol. The van der Waals surface area contributed by atoms with Gasteiger partial charge in [0.05, 0.1) is 0 Å². The molecule has 2 heteroatoms. The molecule has 0 heterocycles. The first-order valence-corrected chi connectivity index (χ1v) is 6.90. The van der Waals surface area contributed by atoms with E-state index in [4.69, 9.17) is 5.73 Å². The summed E-state index contributed by atoms with van der Waals surface area (Å²) in [6.07, 6.45) is 7.90. The molecule has 0 atom stereocenters. The number of hydrogen-bond acceptors (Lipinski definition) is 2. The first kappa shape index (κ1) is 12.6. The average Bonchev–Trinajstić information content (AvgIpc) is 2.40. The van der Waals surface area contributed by atoms with Crippen molar-refractivity contribution in [3.8, 4) is 0 Å². The summed E-state index contributed by atoms with van der Waals surface area (Å²) in [4.78, 5) is 0. The Balaban J connectivity index is 1.77. The van der Waals surface area contributed by atoms with E-state index in [0.717, 1.165) is 25.6 Å². The zero-order chi connectivity index (χ0) is 11.9. The average molecular weight is 232 g/mol. The summed E-state index contributed by atoms with van der Waals surface area (Å²) in [5, 5.41) is 3.66. The van der Waals surface area contributed by atoms with Crippen molar-refractivity contribution in [2.24, 2.45) is 5.73 Å². The van der Waals surface area contributed by atoms with Crippen LogP contribution in [0.25, 0.3) is 0 Å². The van der Waals surface area contributed by atoms with Gasteiger partial charge in [0.1, 0.15) is 0 Å². The molecule has 1 aliphatic carbocycles. The number of nitrogens with two attached hydrogens (primary N) is 1. The standard InChI is InChI=1S/C15H24N2/c16-11-10-13-6-8-14(9-7-13)12-17-15-4-2-1-3-5-15/h6-9,15,17H,1-5,10-12,16H2. The molecule has 2 nitrogen and oxygen atoms in total. The van der Waals surface area contributed by atoms with Crippen LogP contribution in [-0.2, 0) is 13.0 Å². The van der Waals surface area contributed by atoms with E-state index in [0.29, 0.717) is 0 Å². The van der Waals surface area contributed by atoms with Crippen LogP contribution in [0.5, 0.6) is 0 Å². The van der Waals surface area contributed by atoms with Crippen LogP contribution in [0.3, 0.4) is 0 Å². The molecule has 94 valence electrons. The van der Waals surface area contributed by atoms with Gasteiger partial charge in [0.15, 0.2) is 0 Å². The molecule has 0 spiro atoms. The Labute approximate surface area is 105 Å². The van der Waals surface area contributed by atoms with Gasteiger partial charge in [0, 0.05) is 12.6 Å². The lowest BCUT2D eigenvalue weighted by atomic mass is 9.95. The number of hydrogen-bond donors (Lipinski definition) is 2. The van der Waals surface area contributed by atoms with E-state index in [9.17, 15) is 0 Å². The summed E-state index contributed by atoms with van der Waals surface area (Å²) in [7, 11) is 0. The summed E-state index contributed by atoms with van der Waals surface area (Å²) < 4.78 is 0. The van der Waals surface area contributed by atoms with Gasteiger partial charge in [-0.1, -0.05) is 43.5 Å². The van der Waals surface area contributed by atoms with Gasteiger partial charge >= 0.3 is 0 Å². The Hall–Kier alpha value is -0.860. The predicted molar refractivity (Wildman–Crippen MR) is 72.9 cm³/mol. The van der Waals surface area contributed by atoms with Gasteiger partial charge in [-0.15, -0.1) is 0 Å².